The van der Waals surface area contributed by atoms with Gasteiger partial charge in [0.2, 0.25) is 0 Å². The minimum atomic E-state index is -0.870. The number of halogens is 2. The lowest BCUT2D eigenvalue weighted by atomic mass is 9.99. The second kappa shape index (κ2) is 14.8. The van der Waals surface area contributed by atoms with Crippen molar-refractivity contribution in [1.29, 1.82) is 0 Å². The van der Waals surface area contributed by atoms with Crippen molar-refractivity contribution in [2.45, 2.75) is 64.1 Å². The molecule has 248 valence electrons. The van der Waals surface area contributed by atoms with E-state index in [-0.39, 0.29) is 30.6 Å². The molecular formula is C39H38F2N2O5. The van der Waals surface area contributed by atoms with Gasteiger partial charge in [0.1, 0.15) is 11.6 Å². The van der Waals surface area contributed by atoms with Gasteiger partial charge >= 0.3 is 11.9 Å². The molecule has 0 saturated carbocycles. The van der Waals surface area contributed by atoms with Crippen LogP contribution in [0.1, 0.15) is 42.6 Å². The van der Waals surface area contributed by atoms with E-state index in [4.69, 9.17) is 4.74 Å². The Morgan fingerprint density at radius 2 is 1.31 bits per heavy atom. The van der Waals surface area contributed by atoms with Crippen LogP contribution in [-0.2, 0) is 46.7 Å². The van der Waals surface area contributed by atoms with Crippen LogP contribution in [0, 0.1) is 11.6 Å². The van der Waals surface area contributed by atoms with Crippen LogP contribution in [-0.4, -0.2) is 44.0 Å². The fourth-order valence-electron chi connectivity index (χ4n) is 6.58. The summed E-state index contributed by atoms with van der Waals surface area (Å²) in [5.41, 5.74) is 8.25. The molecule has 0 radical (unpaired) electrons. The average molecular weight is 653 g/mol. The van der Waals surface area contributed by atoms with E-state index in [1.54, 1.807) is 24.3 Å². The highest BCUT2D eigenvalue weighted by Crippen LogP contribution is 2.37. The third kappa shape index (κ3) is 7.74. The number of benzene rings is 3. The number of nitrogens with zero attached hydrogens (tertiary/aromatic N) is 2. The average Bonchev–Trinajstić information content (AvgIpc) is 3.82. The molecule has 0 aliphatic carbocycles. The lowest BCUT2D eigenvalue weighted by molar-refractivity contribution is -0.138. The molecule has 1 aliphatic heterocycles. The molecule has 2 N–H and O–H groups in total. The van der Waals surface area contributed by atoms with Gasteiger partial charge in [0.15, 0.2) is 0 Å². The highest BCUT2D eigenvalue weighted by atomic mass is 19.1. The van der Waals surface area contributed by atoms with Gasteiger partial charge in [0, 0.05) is 42.3 Å². The standard InChI is InChI=1S/C39H38F2N2O5/c40-30-11-7-28(8-12-30)36-18-15-32(16-19-37(44)45)42(36)22-21-26-3-5-27(6-4-26)35-24-33(17-20-38(46)47)43(25-34-2-1-23-48-34)39(35)29-9-13-31(41)14-10-29/h3-15,18,24,34H,1-2,16-17,19-23,25H2,(H,44,45)(H,46,47)/t34-/m0/s1. The van der Waals surface area contributed by atoms with Gasteiger partial charge in [-0.3, -0.25) is 9.59 Å². The Labute approximate surface area is 278 Å². The lowest BCUT2D eigenvalue weighted by Crippen LogP contribution is -2.18. The summed E-state index contributed by atoms with van der Waals surface area (Å²) in [7, 11) is 0. The molecule has 1 aliphatic rings. The normalized spacial score (nSPS) is 14.4. The number of aliphatic carboxylic acids is 2. The second-order valence-electron chi connectivity index (χ2n) is 12.3. The first-order valence-electron chi connectivity index (χ1n) is 16.3. The van der Waals surface area contributed by atoms with Gasteiger partial charge in [-0.1, -0.05) is 24.3 Å². The molecular weight excluding hydrogens is 614 g/mol. The molecule has 0 unspecified atom stereocenters. The van der Waals surface area contributed by atoms with E-state index in [2.05, 4.69) is 39.5 Å². The molecule has 48 heavy (non-hydrogen) atoms. The van der Waals surface area contributed by atoms with Crippen molar-refractivity contribution in [2.75, 3.05) is 6.61 Å². The number of aryl methyl sites for hydroxylation is 3. The molecule has 1 fully saturated rings. The second-order valence-corrected chi connectivity index (χ2v) is 12.3. The van der Waals surface area contributed by atoms with Gasteiger partial charge < -0.3 is 24.1 Å². The van der Waals surface area contributed by atoms with E-state index in [0.29, 0.717) is 39.0 Å². The fraction of sp³-hybridized carbons (Fsp3) is 0.282. The van der Waals surface area contributed by atoms with Crippen molar-refractivity contribution in [1.82, 2.24) is 9.13 Å². The molecule has 3 aromatic carbocycles. The Kier molecular flexibility index (Phi) is 10.2. The van der Waals surface area contributed by atoms with Crippen LogP contribution < -0.4 is 0 Å². The summed E-state index contributed by atoms with van der Waals surface area (Å²) in [5, 5.41) is 18.8. The predicted molar refractivity (Wildman–Crippen MR) is 180 cm³/mol. The molecule has 1 saturated heterocycles. The fourth-order valence-corrected chi connectivity index (χ4v) is 6.58. The summed E-state index contributed by atoms with van der Waals surface area (Å²) in [4.78, 5) is 22.9. The maximum atomic E-state index is 14.0. The monoisotopic (exact) mass is 652 g/mol. The number of carboxylic acids is 2. The van der Waals surface area contributed by atoms with E-state index in [1.165, 1.54) is 24.3 Å². The Hall–Kier alpha value is -5.02. The topological polar surface area (TPSA) is 93.7 Å². The van der Waals surface area contributed by atoms with Crippen molar-refractivity contribution >= 4 is 11.9 Å². The van der Waals surface area contributed by atoms with Crippen molar-refractivity contribution in [2.24, 2.45) is 0 Å². The minimum Gasteiger partial charge on any atom is -0.481 e. The first kappa shape index (κ1) is 32.9. The van der Waals surface area contributed by atoms with Gasteiger partial charge in [-0.15, -0.1) is 0 Å². The largest absolute Gasteiger partial charge is 0.481 e. The Bertz CT molecular complexity index is 1870. The number of carbonyl (C=O) groups is 2. The molecule has 0 bridgehead atoms. The van der Waals surface area contributed by atoms with Gasteiger partial charge in [-0.2, -0.15) is 0 Å². The summed E-state index contributed by atoms with van der Waals surface area (Å²) in [6.07, 6.45) is 3.34. The molecule has 7 nitrogen and oxygen atoms in total. The Balaban J connectivity index is 1.31. The van der Waals surface area contributed by atoms with Crippen molar-refractivity contribution in [3.63, 3.8) is 0 Å². The quantitative estimate of drug-likeness (QED) is 0.127. The van der Waals surface area contributed by atoms with Crippen molar-refractivity contribution in [3.8, 4) is 33.6 Å². The molecule has 6 rings (SSSR count). The third-order valence-corrected chi connectivity index (χ3v) is 9.00. The van der Waals surface area contributed by atoms with E-state index in [0.717, 1.165) is 63.4 Å². The highest BCUT2D eigenvalue weighted by molar-refractivity contribution is 5.83. The maximum absolute atomic E-state index is 14.0. The summed E-state index contributed by atoms with van der Waals surface area (Å²) in [6, 6.07) is 26.9. The van der Waals surface area contributed by atoms with Gasteiger partial charge in [-0.05, 0) is 121 Å². The Morgan fingerprint density at radius 3 is 1.92 bits per heavy atom. The zero-order valence-electron chi connectivity index (χ0n) is 26.6. The van der Waals surface area contributed by atoms with E-state index >= 15 is 0 Å². The number of aromatic nitrogens is 2. The van der Waals surface area contributed by atoms with Crippen molar-refractivity contribution < 1.29 is 33.3 Å². The van der Waals surface area contributed by atoms with Crippen LogP contribution in [0.25, 0.3) is 33.6 Å². The van der Waals surface area contributed by atoms with Gasteiger partial charge in [0.25, 0.3) is 0 Å². The SMILES string of the molecule is O=C(O)CCc1ccc(-c2ccc(F)cc2)n1CCc1ccc(-c2cc(CCC(=O)O)n(C[C@@H]3CCCO3)c2-c2ccc(F)cc2)cc1. The van der Waals surface area contributed by atoms with E-state index in [9.17, 15) is 28.6 Å². The van der Waals surface area contributed by atoms with Crippen LogP contribution in [0.15, 0.2) is 91.0 Å². The first-order chi connectivity index (χ1) is 23.2. The number of ether oxygens (including phenoxy) is 1. The lowest BCUT2D eigenvalue weighted by Gasteiger charge is -2.18. The van der Waals surface area contributed by atoms with E-state index in [1.807, 2.05) is 12.1 Å². The third-order valence-electron chi connectivity index (χ3n) is 9.00. The molecule has 1 atom stereocenters. The minimum absolute atomic E-state index is 0.00940. The number of rotatable bonds is 14. The van der Waals surface area contributed by atoms with Crippen molar-refractivity contribution in [3.05, 3.63) is 120 Å². The van der Waals surface area contributed by atoms with Crippen LogP contribution in [0.5, 0.6) is 0 Å². The van der Waals surface area contributed by atoms with E-state index < -0.39 is 11.9 Å². The molecule has 9 heteroatoms. The summed E-state index contributed by atoms with van der Waals surface area (Å²) in [5.74, 6) is -2.38. The van der Waals surface area contributed by atoms with Crippen LogP contribution in [0.3, 0.4) is 0 Å². The molecule has 2 aromatic heterocycles. The predicted octanol–water partition coefficient (Wildman–Crippen LogP) is 8.02. The first-order valence-corrected chi connectivity index (χ1v) is 16.3. The number of hydrogen-bond acceptors (Lipinski definition) is 3. The maximum Gasteiger partial charge on any atom is 0.303 e. The zero-order chi connectivity index (χ0) is 33.6. The molecule has 3 heterocycles. The summed E-state index contributed by atoms with van der Waals surface area (Å²) < 4.78 is 37.9. The highest BCUT2D eigenvalue weighted by Gasteiger charge is 2.24. The van der Waals surface area contributed by atoms with Crippen LogP contribution in [0.2, 0.25) is 0 Å². The summed E-state index contributed by atoms with van der Waals surface area (Å²) in [6.45, 7) is 1.88. The van der Waals surface area contributed by atoms with Crippen LogP contribution >= 0.6 is 0 Å². The molecule has 5 aromatic rings. The Morgan fingerprint density at radius 1 is 0.708 bits per heavy atom. The van der Waals surface area contributed by atoms with Gasteiger partial charge in [-0.25, -0.2) is 8.78 Å². The van der Waals surface area contributed by atoms with Gasteiger partial charge in [0.05, 0.1) is 24.6 Å². The zero-order valence-corrected chi connectivity index (χ0v) is 26.6. The smallest absolute Gasteiger partial charge is 0.303 e. The number of hydrogen-bond donors (Lipinski definition) is 2. The summed E-state index contributed by atoms with van der Waals surface area (Å²) >= 11 is 0. The molecule has 0 spiro atoms. The van der Waals surface area contributed by atoms with Crippen LogP contribution in [0.4, 0.5) is 8.78 Å². The number of carboxylic acid groups (broad SMARTS) is 2. The molecule has 0 amide bonds.